The molecule has 0 aromatic carbocycles. The lowest BCUT2D eigenvalue weighted by Crippen LogP contribution is -2.41. The molecule has 0 radical (unpaired) electrons. The van der Waals surface area contributed by atoms with Gasteiger partial charge >= 0.3 is 0 Å². The van der Waals surface area contributed by atoms with Gasteiger partial charge in [-0.25, -0.2) is 0 Å². The van der Waals surface area contributed by atoms with Gasteiger partial charge in [-0.3, -0.25) is 14.5 Å². The highest BCUT2D eigenvalue weighted by atomic mass is 16.2. The first-order valence-electron chi connectivity index (χ1n) is 5.74. The Morgan fingerprint density at radius 1 is 1.40 bits per heavy atom. The summed E-state index contributed by atoms with van der Waals surface area (Å²) in [5, 5.41) is 0. The number of nitrogens with zero attached hydrogens (tertiary/aromatic N) is 2. The average molecular weight is 210 g/mol. The molecule has 2 rings (SSSR count). The summed E-state index contributed by atoms with van der Waals surface area (Å²) >= 11 is 0. The maximum Gasteiger partial charge on any atom is 0.230 e. The van der Waals surface area contributed by atoms with E-state index in [0.717, 1.165) is 26.1 Å². The van der Waals surface area contributed by atoms with Crippen molar-refractivity contribution in [3.05, 3.63) is 0 Å². The molecule has 1 amide bonds. The summed E-state index contributed by atoms with van der Waals surface area (Å²) in [5.41, 5.74) is 0. The van der Waals surface area contributed by atoms with E-state index in [1.807, 2.05) is 0 Å². The molecule has 4 heteroatoms. The van der Waals surface area contributed by atoms with Gasteiger partial charge < -0.3 is 4.90 Å². The highest BCUT2D eigenvalue weighted by molar-refractivity contribution is 6.05. The predicted octanol–water partition coefficient (Wildman–Crippen LogP) is 0.272. The third kappa shape index (κ3) is 2.20. The van der Waals surface area contributed by atoms with Gasteiger partial charge in [0.1, 0.15) is 0 Å². The topological polar surface area (TPSA) is 40.6 Å². The molecular formula is C11H18N2O2. The quantitative estimate of drug-likeness (QED) is 0.628. The molecule has 1 atom stereocenters. The molecule has 2 saturated heterocycles. The average Bonchev–Trinajstić information content (AvgIpc) is 2.74. The van der Waals surface area contributed by atoms with Gasteiger partial charge in [-0.1, -0.05) is 6.92 Å². The molecule has 0 aromatic heterocycles. The zero-order chi connectivity index (χ0) is 10.8. The Hall–Kier alpha value is -0.900. The highest BCUT2D eigenvalue weighted by Crippen LogP contribution is 2.19. The third-order valence-corrected chi connectivity index (χ3v) is 3.40. The Balaban J connectivity index is 1.91. The molecule has 2 fully saturated rings. The van der Waals surface area contributed by atoms with Crippen LogP contribution in [-0.4, -0.2) is 53.7 Å². The fourth-order valence-corrected chi connectivity index (χ4v) is 2.58. The van der Waals surface area contributed by atoms with Crippen molar-refractivity contribution in [2.24, 2.45) is 0 Å². The fraction of sp³-hybridized carbons (Fsp3) is 0.818. The van der Waals surface area contributed by atoms with E-state index < -0.39 is 0 Å². The summed E-state index contributed by atoms with van der Waals surface area (Å²) in [6.07, 6.45) is 2.50. The standard InChI is InChI=1S/C11H18N2O2/c1-2-12-5-3-4-9(12)7-13-8-10(14)6-11(13)15/h9H,2-8H2,1H3. The van der Waals surface area contributed by atoms with E-state index in [1.165, 1.54) is 6.42 Å². The Kier molecular flexibility index (Phi) is 3.05. The third-order valence-electron chi connectivity index (χ3n) is 3.40. The zero-order valence-electron chi connectivity index (χ0n) is 9.24. The number of likely N-dealkylation sites (N-methyl/N-ethyl adjacent to an activating group) is 1. The number of rotatable bonds is 3. The van der Waals surface area contributed by atoms with Crippen LogP contribution < -0.4 is 0 Å². The van der Waals surface area contributed by atoms with Crippen molar-refractivity contribution >= 4 is 11.7 Å². The van der Waals surface area contributed by atoms with Crippen molar-refractivity contribution in [2.75, 3.05) is 26.2 Å². The van der Waals surface area contributed by atoms with Crippen LogP contribution in [0.25, 0.3) is 0 Å². The largest absolute Gasteiger partial charge is 0.333 e. The van der Waals surface area contributed by atoms with Crippen molar-refractivity contribution in [3.8, 4) is 0 Å². The fourth-order valence-electron chi connectivity index (χ4n) is 2.58. The summed E-state index contributed by atoms with van der Waals surface area (Å²) < 4.78 is 0. The molecule has 4 nitrogen and oxygen atoms in total. The van der Waals surface area contributed by atoms with Gasteiger partial charge in [-0.2, -0.15) is 0 Å². The molecule has 15 heavy (non-hydrogen) atoms. The van der Waals surface area contributed by atoms with Crippen molar-refractivity contribution in [3.63, 3.8) is 0 Å². The first-order valence-corrected chi connectivity index (χ1v) is 5.74. The Labute approximate surface area is 90.2 Å². The van der Waals surface area contributed by atoms with Crippen LogP contribution in [-0.2, 0) is 9.59 Å². The minimum absolute atomic E-state index is 0.0166. The lowest BCUT2D eigenvalue weighted by molar-refractivity contribution is -0.128. The molecule has 2 aliphatic rings. The molecule has 0 bridgehead atoms. The molecule has 0 aliphatic carbocycles. The lowest BCUT2D eigenvalue weighted by atomic mass is 10.2. The van der Waals surface area contributed by atoms with E-state index >= 15 is 0 Å². The summed E-state index contributed by atoms with van der Waals surface area (Å²) in [5.74, 6) is 0.0870. The molecule has 2 heterocycles. The van der Waals surface area contributed by atoms with Crippen LogP contribution in [0.3, 0.4) is 0 Å². The van der Waals surface area contributed by atoms with Gasteiger partial charge in [0.2, 0.25) is 5.91 Å². The molecule has 84 valence electrons. The number of ketones is 1. The monoisotopic (exact) mass is 210 g/mol. The van der Waals surface area contributed by atoms with Gasteiger partial charge in [-0.05, 0) is 25.9 Å². The van der Waals surface area contributed by atoms with Gasteiger partial charge in [0.25, 0.3) is 0 Å². The van der Waals surface area contributed by atoms with Gasteiger partial charge in [-0.15, -0.1) is 0 Å². The molecule has 2 aliphatic heterocycles. The van der Waals surface area contributed by atoms with E-state index in [9.17, 15) is 9.59 Å². The Morgan fingerprint density at radius 2 is 2.20 bits per heavy atom. The zero-order valence-corrected chi connectivity index (χ0v) is 9.24. The second-order valence-corrected chi connectivity index (χ2v) is 4.41. The van der Waals surface area contributed by atoms with Crippen molar-refractivity contribution in [1.82, 2.24) is 9.80 Å². The maximum absolute atomic E-state index is 11.5. The van der Waals surface area contributed by atoms with Crippen LogP contribution in [0, 0.1) is 0 Å². The smallest absolute Gasteiger partial charge is 0.230 e. The van der Waals surface area contributed by atoms with Gasteiger partial charge in [0.05, 0.1) is 13.0 Å². The molecule has 0 N–H and O–H groups in total. The maximum atomic E-state index is 11.5. The molecule has 0 aromatic rings. The number of amides is 1. The number of hydrogen-bond acceptors (Lipinski definition) is 3. The summed E-state index contributed by atoms with van der Waals surface area (Å²) in [7, 11) is 0. The highest BCUT2D eigenvalue weighted by Gasteiger charge is 2.32. The van der Waals surface area contributed by atoms with E-state index in [4.69, 9.17) is 0 Å². The number of carbonyl (C=O) groups is 2. The van der Waals surface area contributed by atoms with Crippen molar-refractivity contribution in [1.29, 1.82) is 0 Å². The number of Topliss-reactive ketones (excluding diaryl/α,β-unsaturated/α-hetero) is 1. The lowest BCUT2D eigenvalue weighted by Gasteiger charge is -2.26. The van der Waals surface area contributed by atoms with Gasteiger partial charge in [0, 0.05) is 12.6 Å². The minimum Gasteiger partial charge on any atom is -0.333 e. The molecule has 1 unspecified atom stereocenters. The number of hydrogen-bond donors (Lipinski definition) is 0. The summed E-state index contributed by atoms with van der Waals surface area (Å²) in [6, 6.07) is 0.477. The normalized spacial score (nSPS) is 28.1. The van der Waals surface area contributed by atoms with Gasteiger partial charge in [0.15, 0.2) is 5.78 Å². The van der Waals surface area contributed by atoms with Crippen LogP contribution in [0.15, 0.2) is 0 Å². The van der Waals surface area contributed by atoms with Crippen LogP contribution in [0.4, 0.5) is 0 Å². The predicted molar refractivity (Wildman–Crippen MR) is 56.5 cm³/mol. The molecule has 0 saturated carbocycles. The van der Waals surface area contributed by atoms with Crippen LogP contribution >= 0.6 is 0 Å². The first kappa shape index (κ1) is 10.6. The molecular weight excluding hydrogens is 192 g/mol. The van der Waals surface area contributed by atoms with E-state index in [1.54, 1.807) is 4.90 Å². The first-order chi connectivity index (χ1) is 7.20. The van der Waals surface area contributed by atoms with Crippen molar-refractivity contribution < 1.29 is 9.59 Å². The molecule has 0 spiro atoms. The summed E-state index contributed by atoms with van der Waals surface area (Å²) in [4.78, 5) is 26.7. The summed E-state index contributed by atoms with van der Waals surface area (Å²) in [6.45, 7) is 5.42. The second kappa shape index (κ2) is 4.31. The van der Waals surface area contributed by atoms with Crippen molar-refractivity contribution in [2.45, 2.75) is 32.2 Å². The number of carbonyl (C=O) groups excluding carboxylic acids is 2. The minimum atomic E-state index is 0.0166. The second-order valence-electron chi connectivity index (χ2n) is 4.41. The van der Waals surface area contributed by atoms with Crippen LogP contribution in [0.2, 0.25) is 0 Å². The van der Waals surface area contributed by atoms with E-state index in [-0.39, 0.29) is 18.1 Å². The number of likely N-dealkylation sites (tertiary alicyclic amines) is 2. The Morgan fingerprint density at radius 3 is 2.80 bits per heavy atom. The van der Waals surface area contributed by atoms with Crippen LogP contribution in [0.5, 0.6) is 0 Å². The SMILES string of the molecule is CCN1CCCC1CN1CC(=O)CC1=O. The Bertz CT molecular complexity index is 278. The van der Waals surface area contributed by atoms with E-state index in [0.29, 0.717) is 12.6 Å². The van der Waals surface area contributed by atoms with E-state index in [2.05, 4.69) is 11.8 Å². The van der Waals surface area contributed by atoms with Crippen LogP contribution in [0.1, 0.15) is 26.2 Å².